The van der Waals surface area contributed by atoms with Crippen LogP contribution in [-0.2, 0) is 0 Å². The quantitative estimate of drug-likeness (QED) is 0.879. The Balaban J connectivity index is 2.22. The minimum atomic E-state index is -0.962. The summed E-state index contributed by atoms with van der Waals surface area (Å²) in [5.41, 5.74) is 1.83. The first-order valence-corrected chi connectivity index (χ1v) is 5.58. The van der Waals surface area contributed by atoms with Gasteiger partial charge in [-0.1, -0.05) is 11.3 Å². The summed E-state index contributed by atoms with van der Waals surface area (Å²) >= 11 is 2.68. The molecule has 2 aromatic heterocycles. The number of hydrogen-bond donors (Lipinski definition) is 1. The normalized spacial score (nSPS) is 10.1. The average Bonchev–Trinajstić information content (AvgIpc) is 2.71. The van der Waals surface area contributed by atoms with Gasteiger partial charge in [0.15, 0.2) is 4.34 Å². The molecule has 2 rings (SSSR count). The van der Waals surface area contributed by atoms with Gasteiger partial charge in [0.2, 0.25) is 0 Å². The molecule has 0 saturated heterocycles. The standard InChI is InChI=1S/C8H5N3O2S2/c12-7(13)5-1-2-9-6(3-5)15-8-11-10-4-14-8/h1-4H,(H,12,13). The molecular formula is C8H5N3O2S2. The van der Waals surface area contributed by atoms with E-state index in [4.69, 9.17) is 5.11 Å². The van der Waals surface area contributed by atoms with Gasteiger partial charge in [-0.3, -0.25) is 0 Å². The molecule has 2 heterocycles. The third-order valence-electron chi connectivity index (χ3n) is 1.51. The minimum Gasteiger partial charge on any atom is -0.478 e. The summed E-state index contributed by atoms with van der Waals surface area (Å²) in [5, 5.41) is 16.9. The van der Waals surface area contributed by atoms with Crippen molar-refractivity contribution < 1.29 is 9.90 Å². The first-order chi connectivity index (χ1) is 7.25. The smallest absolute Gasteiger partial charge is 0.335 e. The van der Waals surface area contributed by atoms with Crippen molar-refractivity contribution in [1.82, 2.24) is 15.2 Å². The second-order valence-corrected chi connectivity index (χ2v) is 4.60. The summed E-state index contributed by atoms with van der Waals surface area (Å²) in [5.74, 6) is -0.962. The van der Waals surface area contributed by atoms with Crippen LogP contribution in [0.1, 0.15) is 10.4 Å². The Hall–Kier alpha value is -1.47. The molecule has 76 valence electrons. The first kappa shape index (κ1) is 10.1. The predicted molar refractivity (Wildman–Crippen MR) is 55.2 cm³/mol. The number of aromatic carboxylic acids is 1. The number of pyridine rings is 1. The molecule has 0 spiro atoms. The zero-order valence-corrected chi connectivity index (χ0v) is 8.96. The summed E-state index contributed by atoms with van der Waals surface area (Å²) in [7, 11) is 0. The molecule has 0 radical (unpaired) electrons. The van der Waals surface area contributed by atoms with Crippen LogP contribution in [0.4, 0.5) is 0 Å². The SMILES string of the molecule is O=C(O)c1ccnc(Sc2nncs2)c1. The van der Waals surface area contributed by atoms with Crippen molar-refractivity contribution in [1.29, 1.82) is 0 Å². The first-order valence-electron chi connectivity index (χ1n) is 3.89. The van der Waals surface area contributed by atoms with Crippen molar-refractivity contribution in [3.63, 3.8) is 0 Å². The summed E-state index contributed by atoms with van der Waals surface area (Å²) in [6.45, 7) is 0. The van der Waals surface area contributed by atoms with Gasteiger partial charge in [0.05, 0.1) is 5.56 Å². The highest BCUT2D eigenvalue weighted by Gasteiger charge is 2.06. The Morgan fingerprint density at radius 3 is 3.07 bits per heavy atom. The Morgan fingerprint density at radius 2 is 2.40 bits per heavy atom. The summed E-state index contributed by atoms with van der Waals surface area (Å²) in [4.78, 5) is 14.7. The van der Waals surface area contributed by atoms with Crippen LogP contribution in [0.15, 0.2) is 33.2 Å². The van der Waals surface area contributed by atoms with Crippen molar-refractivity contribution >= 4 is 29.1 Å². The van der Waals surface area contributed by atoms with Gasteiger partial charge < -0.3 is 5.11 Å². The van der Waals surface area contributed by atoms with Crippen LogP contribution in [-0.4, -0.2) is 26.3 Å². The molecule has 0 saturated carbocycles. The molecule has 5 nitrogen and oxygen atoms in total. The molecule has 0 amide bonds. The number of nitrogens with zero attached hydrogens (tertiary/aromatic N) is 3. The fourth-order valence-electron chi connectivity index (χ4n) is 0.895. The van der Waals surface area contributed by atoms with E-state index in [1.165, 1.54) is 41.4 Å². The van der Waals surface area contributed by atoms with Gasteiger partial charge in [0.25, 0.3) is 0 Å². The molecular weight excluding hydrogens is 234 g/mol. The van der Waals surface area contributed by atoms with Gasteiger partial charge in [-0.2, -0.15) is 0 Å². The van der Waals surface area contributed by atoms with Gasteiger partial charge in [0, 0.05) is 6.20 Å². The van der Waals surface area contributed by atoms with Crippen molar-refractivity contribution in [3.05, 3.63) is 29.4 Å². The largest absolute Gasteiger partial charge is 0.478 e. The third-order valence-corrected chi connectivity index (χ3v) is 3.22. The van der Waals surface area contributed by atoms with Crippen LogP contribution in [0.3, 0.4) is 0 Å². The van der Waals surface area contributed by atoms with Crippen molar-refractivity contribution in [2.75, 3.05) is 0 Å². The fraction of sp³-hybridized carbons (Fsp3) is 0. The van der Waals surface area contributed by atoms with Crippen molar-refractivity contribution in [3.8, 4) is 0 Å². The Labute approximate surface area is 93.2 Å². The van der Waals surface area contributed by atoms with Crippen LogP contribution in [0.5, 0.6) is 0 Å². The monoisotopic (exact) mass is 239 g/mol. The number of carboxylic acid groups (broad SMARTS) is 1. The van der Waals surface area contributed by atoms with Crippen LogP contribution in [0.2, 0.25) is 0 Å². The molecule has 0 bridgehead atoms. The molecule has 0 aliphatic rings. The number of carbonyl (C=O) groups is 1. The van der Waals surface area contributed by atoms with E-state index in [0.29, 0.717) is 5.03 Å². The summed E-state index contributed by atoms with van der Waals surface area (Å²) in [6, 6.07) is 2.96. The molecule has 7 heteroatoms. The van der Waals surface area contributed by atoms with E-state index < -0.39 is 5.97 Å². The van der Waals surface area contributed by atoms with Gasteiger partial charge in [0.1, 0.15) is 10.5 Å². The molecule has 0 aliphatic carbocycles. The maximum atomic E-state index is 10.7. The molecule has 2 aromatic rings. The maximum Gasteiger partial charge on any atom is 0.335 e. The van der Waals surface area contributed by atoms with E-state index in [0.717, 1.165) is 4.34 Å². The van der Waals surface area contributed by atoms with Gasteiger partial charge >= 0.3 is 5.97 Å². The lowest BCUT2D eigenvalue weighted by molar-refractivity contribution is 0.0696. The summed E-state index contributed by atoms with van der Waals surface area (Å²) < 4.78 is 0.741. The molecule has 15 heavy (non-hydrogen) atoms. The fourth-order valence-corrected chi connectivity index (χ4v) is 2.32. The number of carboxylic acids is 1. The van der Waals surface area contributed by atoms with Crippen molar-refractivity contribution in [2.45, 2.75) is 9.37 Å². The lowest BCUT2D eigenvalue weighted by Gasteiger charge is -1.97. The molecule has 0 unspecified atom stereocenters. The van der Waals surface area contributed by atoms with E-state index >= 15 is 0 Å². The second-order valence-electron chi connectivity index (χ2n) is 2.49. The van der Waals surface area contributed by atoms with Gasteiger partial charge in [-0.25, -0.2) is 9.78 Å². The highest BCUT2D eigenvalue weighted by Crippen LogP contribution is 2.26. The minimum absolute atomic E-state index is 0.219. The lowest BCUT2D eigenvalue weighted by atomic mass is 10.3. The van der Waals surface area contributed by atoms with Crippen LogP contribution in [0.25, 0.3) is 0 Å². The topological polar surface area (TPSA) is 76.0 Å². The Morgan fingerprint density at radius 1 is 1.53 bits per heavy atom. The van der Waals surface area contributed by atoms with E-state index in [-0.39, 0.29) is 5.56 Å². The molecule has 0 atom stereocenters. The number of rotatable bonds is 3. The molecule has 0 aromatic carbocycles. The van der Waals surface area contributed by atoms with E-state index in [1.807, 2.05) is 0 Å². The van der Waals surface area contributed by atoms with E-state index in [1.54, 1.807) is 5.51 Å². The summed E-state index contributed by atoms with van der Waals surface area (Å²) in [6.07, 6.45) is 1.47. The predicted octanol–water partition coefficient (Wildman–Crippen LogP) is 1.78. The average molecular weight is 239 g/mol. The third kappa shape index (κ3) is 2.51. The van der Waals surface area contributed by atoms with Crippen molar-refractivity contribution in [2.24, 2.45) is 0 Å². The van der Waals surface area contributed by atoms with Crippen LogP contribution >= 0.6 is 23.1 Å². The van der Waals surface area contributed by atoms with Crippen LogP contribution in [0, 0.1) is 0 Å². The second kappa shape index (κ2) is 4.37. The Bertz CT molecular complexity index is 472. The highest BCUT2D eigenvalue weighted by atomic mass is 32.2. The number of hydrogen-bond acceptors (Lipinski definition) is 6. The maximum absolute atomic E-state index is 10.7. The zero-order valence-electron chi connectivity index (χ0n) is 7.32. The van der Waals surface area contributed by atoms with E-state index in [2.05, 4.69) is 15.2 Å². The molecule has 0 fully saturated rings. The van der Waals surface area contributed by atoms with Gasteiger partial charge in [-0.05, 0) is 23.9 Å². The highest BCUT2D eigenvalue weighted by molar-refractivity contribution is 8.00. The van der Waals surface area contributed by atoms with Gasteiger partial charge in [-0.15, -0.1) is 10.2 Å². The molecule has 0 aliphatic heterocycles. The molecule has 1 N–H and O–H groups in total. The van der Waals surface area contributed by atoms with E-state index in [9.17, 15) is 4.79 Å². The Kier molecular flexibility index (Phi) is 2.93. The number of aromatic nitrogens is 3. The zero-order chi connectivity index (χ0) is 10.7. The van der Waals surface area contributed by atoms with Crippen LogP contribution < -0.4 is 0 Å². The lowest BCUT2D eigenvalue weighted by Crippen LogP contribution is -1.96.